The summed E-state index contributed by atoms with van der Waals surface area (Å²) in [6.45, 7) is 6.00. The number of aryl methyl sites for hydroxylation is 2. The van der Waals surface area contributed by atoms with Crippen molar-refractivity contribution in [3.8, 4) is 0 Å². The molecule has 0 spiro atoms. The van der Waals surface area contributed by atoms with Gasteiger partial charge in [-0.15, -0.1) is 11.3 Å². The summed E-state index contributed by atoms with van der Waals surface area (Å²) in [5.41, 5.74) is 0.892. The van der Waals surface area contributed by atoms with Gasteiger partial charge in [0, 0.05) is 18.6 Å². The van der Waals surface area contributed by atoms with Crippen LogP contribution in [0.15, 0.2) is 0 Å². The Kier molecular flexibility index (Phi) is 3.82. The summed E-state index contributed by atoms with van der Waals surface area (Å²) in [6, 6.07) is 0.951. The second-order valence-electron chi connectivity index (χ2n) is 6.05. The third-order valence-corrected chi connectivity index (χ3v) is 5.74. The van der Waals surface area contributed by atoms with E-state index in [1.165, 1.54) is 30.7 Å². The molecule has 2 fully saturated rings. The third kappa shape index (κ3) is 2.37. The first-order valence-electron chi connectivity index (χ1n) is 7.53. The van der Waals surface area contributed by atoms with Gasteiger partial charge < -0.3 is 9.80 Å². The van der Waals surface area contributed by atoms with E-state index in [-0.39, 0.29) is 5.91 Å². The molecule has 2 saturated heterocycles. The van der Waals surface area contributed by atoms with Crippen molar-refractivity contribution in [2.45, 2.75) is 51.6 Å². The Morgan fingerprint density at radius 3 is 2.50 bits per heavy atom. The Balaban J connectivity index is 1.81. The van der Waals surface area contributed by atoms with Crippen molar-refractivity contribution in [2.24, 2.45) is 0 Å². The van der Waals surface area contributed by atoms with Crippen LogP contribution in [0.1, 0.15) is 46.1 Å². The van der Waals surface area contributed by atoms with E-state index >= 15 is 0 Å². The highest BCUT2D eigenvalue weighted by atomic mass is 32.1. The van der Waals surface area contributed by atoms with Crippen molar-refractivity contribution in [3.63, 3.8) is 0 Å². The molecule has 2 atom stereocenters. The predicted molar refractivity (Wildman–Crippen MR) is 81.3 cm³/mol. The van der Waals surface area contributed by atoms with Crippen LogP contribution in [0.4, 0.5) is 0 Å². The zero-order valence-electron chi connectivity index (χ0n) is 12.6. The zero-order valence-corrected chi connectivity index (χ0v) is 13.4. The second kappa shape index (κ2) is 5.45. The van der Waals surface area contributed by atoms with Gasteiger partial charge in [-0.2, -0.15) is 0 Å². The standard InChI is InChI=1S/C15H23N3OS/c1-10-14(20-11(2)16-10)15(19)18-9-5-7-13(18)12-6-4-8-17(12)3/h12-13H,4-9H2,1-3H3/t12-,13-/m0/s1. The summed E-state index contributed by atoms with van der Waals surface area (Å²) in [5, 5.41) is 0.986. The molecule has 20 heavy (non-hydrogen) atoms. The molecule has 0 bridgehead atoms. The first-order valence-corrected chi connectivity index (χ1v) is 8.35. The van der Waals surface area contributed by atoms with Crippen molar-refractivity contribution < 1.29 is 4.79 Å². The summed E-state index contributed by atoms with van der Waals surface area (Å²) in [5.74, 6) is 0.205. The predicted octanol–water partition coefficient (Wildman–Crippen LogP) is 2.46. The molecule has 4 nitrogen and oxygen atoms in total. The molecule has 2 aliphatic rings. The minimum Gasteiger partial charge on any atom is -0.333 e. The number of hydrogen-bond acceptors (Lipinski definition) is 4. The van der Waals surface area contributed by atoms with Gasteiger partial charge in [-0.25, -0.2) is 4.98 Å². The SMILES string of the molecule is Cc1nc(C)c(C(=O)N2CCC[C@H]2[C@@H]2CCCN2C)s1. The fourth-order valence-corrected chi connectivity index (χ4v) is 4.60. The maximum Gasteiger partial charge on any atom is 0.266 e. The molecule has 0 N–H and O–H groups in total. The van der Waals surface area contributed by atoms with Crippen molar-refractivity contribution in [3.05, 3.63) is 15.6 Å². The number of nitrogens with zero attached hydrogens (tertiary/aromatic N) is 3. The normalized spacial score (nSPS) is 27.4. The summed E-state index contributed by atoms with van der Waals surface area (Å²) in [4.78, 5) is 22.6. The van der Waals surface area contributed by atoms with Crippen LogP contribution in [0.2, 0.25) is 0 Å². The minimum atomic E-state index is 0.205. The van der Waals surface area contributed by atoms with Gasteiger partial charge in [-0.05, 0) is 53.1 Å². The zero-order chi connectivity index (χ0) is 14.3. The number of thiazole rings is 1. The average Bonchev–Trinajstić information content (AvgIpc) is 3.08. The molecule has 5 heteroatoms. The van der Waals surface area contributed by atoms with E-state index in [4.69, 9.17) is 0 Å². The molecule has 0 unspecified atom stereocenters. The highest BCUT2D eigenvalue weighted by molar-refractivity contribution is 7.13. The van der Waals surface area contributed by atoms with Crippen LogP contribution in [0.25, 0.3) is 0 Å². The molecule has 1 amide bonds. The maximum atomic E-state index is 12.8. The number of amides is 1. The Morgan fingerprint density at radius 2 is 1.90 bits per heavy atom. The number of likely N-dealkylation sites (N-methyl/N-ethyl adjacent to an activating group) is 1. The summed E-state index contributed by atoms with van der Waals surface area (Å²) in [7, 11) is 2.20. The Hall–Kier alpha value is -0.940. The molecule has 1 aromatic heterocycles. The van der Waals surface area contributed by atoms with E-state index < -0.39 is 0 Å². The second-order valence-corrected chi connectivity index (χ2v) is 7.25. The number of carbonyl (C=O) groups is 1. The lowest BCUT2D eigenvalue weighted by Crippen LogP contribution is -2.47. The van der Waals surface area contributed by atoms with Gasteiger partial charge in [0.15, 0.2) is 0 Å². The van der Waals surface area contributed by atoms with Gasteiger partial charge >= 0.3 is 0 Å². The molecular formula is C15H23N3OS. The van der Waals surface area contributed by atoms with E-state index in [0.717, 1.165) is 35.0 Å². The van der Waals surface area contributed by atoms with Gasteiger partial charge in [0.2, 0.25) is 0 Å². The first kappa shape index (κ1) is 14.0. The van der Waals surface area contributed by atoms with E-state index in [2.05, 4.69) is 21.8 Å². The fraction of sp³-hybridized carbons (Fsp3) is 0.733. The van der Waals surface area contributed by atoms with Crippen molar-refractivity contribution in [1.29, 1.82) is 0 Å². The molecule has 3 rings (SSSR count). The molecule has 1 aromatic rings. The molecule has 110 valence electrons. The van der Waals surface area contributed by atoms with Crippen LogP contribution in [0, 0.1) is 13.8 Å². The highest BCUT2D eigenvalue weighted by Gasteiger charge is 2.39. The topological polar surface area (TPSA) is 36.4 Å². The fourth-order valence-electron chi connectivity index (χ4n) is 3.73. The van der Waals surface area contributed by atoms with Gasteiger partial charge in [0.25, 0.3) is 5.91 Å². The lowest BCUT2D eigenvalue weighted by molar-refractivity contribution is 0.0668. The summed E-state index contributed by atoms with van der Waals surface area (Å²) < 4.78 is 0. The lowest BCUT2D eigenvalue weighted by atomic mass is 10.0. The smallest absolute Gasteiger partial charge is 0.266 e. The van der Waals surface area contributed by atoms with E-state index in [1.54, 1.807) is 0 Å². The number of hydrogen-bond donors (Lipinski definition) is 0. The number of likely N-dealkylation sites (tertiary alicyclic amines) is 2. The Labute approximate surface area is 124 Å². The van der Waals surface area contributed by atoms with E-state index in [1.807, 2.05) is 13.8 Å². The molecule has 3 heterocycles. The Morgan fingerprint density at radius 1 is 1.20 bits per heavy atom. The van der Waals surface area contributed by atoms with Gasteiger partial charge in [0.1, 0.15) is 4.88 Å². The molecule has 2 aliphatic heterocycles. The number of rotatable bonds is 2. The van der Waals surface area contributed by atoms with Crippen LogP contribution in [-0.2, 0) is 0 Å². The lowest BCUT2D eigenvalue weighted by Gasteiger charge is -2.33. The number of carbonyl (C=O) groups excluding carboxylic acids is 1. The molecule has 0 aromatic carbocycles. The van der Waals surface area contributed by atoms with Crippen LogP contribution in [0.3, 0.4) is 0 Å². The van der Waals surface area contributed by atoms with Crippen molar-refractivity contribution in [2.75, 3.05) is 20.1 Å². The highest BCUT2D eigenvalue weighted by Crippen LogP contribution is 2.31. The van der Waals surface area contributed by atoms with Gasteiger partial charge in [-0.1, -0.05) is 0 Å². The van der Waals surface area contributed by atoms with Crippen molar-refractivity contribution in [1.82, 2.24) is 14.8 Å². The van der Waals surface area contributed by atoms with Crippen LogP contribution < -0.4 is 0 Å². The average molecular weight is 293 g/mol. The monoisotopic (exact) mass is 293 g/mol. The molecule has 0 aliphatic carbocycles. The summed E-state index contributed by atoms with van der Waals surface area (Å²) in [6.07, 6.45) is 4.78. The molecule has 0 radical (unpaired) electrons. The van der Waals surface area contributed by atoms with E-state index in [0.29, 0.717) is 12.1 Å². The van der Waals surface area contributed by atoms with Crippen LogP contribution in [0.5, 0.6) is 0 Å². The minimum absolute atomic E-state index is 0.205. The number of aromatic nitrogens is 1. The summed E-state index contributed by atoms with van der Waals surface area (Å²) >= 11 is 1.54. The largest absolute Gasteiger partial charge is 0.333 e. The van der Waals surface area contributed by atoms with Crippen molar-refractivity contribution >= 4 is 17.2 Å². The van der Waals surface area contributed by atoms with E-state index in [9.17, 15) is 4.79 Å². The third-order valence-electron chi connectivity index (χ3n) is 4.68. The van der Waals surface area contributed by atoms with Gasteiger partial charge in [-0.3, -0.25) is 4.79 Å². The maximum absolute atomic E-state index is 12.8. The van der Waals surface area contributed by atoms with Crippen LogP contribution >= 0.6 is 11.3 Å². The quantitative estimate of drug-likeness (QED) is 0.840. The van der Waals surface area contributed by atoms with Crippen LogP contribution in [-0.4, -0.2) is 52.9 Å². The molecular weight excluding hydrogens is 270 g/mol. The first-order chi connectivity index (χ1) is 9.58. The Bertz CT molecular complexity index is 513. The van der Waals surface area contributed by atoms with Gasteiger partial charge in [0.05, 0.1) is 10.7 Å². The molecule has 0 saturated carbocycles.